The van der Waals surface area contributed by atoms with E-state index in [0.29, 0.717) is 24.6 Å². The first kappa shape index (κ1) is 20.6. The smallest absolute Gasteiger partial charge is 0.380 e. The Hall–Kier alpha value is -3.34. The fourth-order valence-corrected chi connectivity index (χ4v) is 4.14. The zero-order valence-electron chi connectivity index (χ0n) is 17.2. The minimum absolute atomic E-state index is 0.0262. The van der Waals surface area contributed by atoms with Gasteiger partial charge in [0.25, 0.3) is 0 Å². The highest BCUT2D eigenvalue weighted by Gasteiger charge is 2.33. The summed E-state index contributed by atoms with van der Waals surface area (Å²) in [5, 5.41) is 0. The number of aliphatic imine (C=N–C) groups is 1. The number of rotatable bonds is 4. The summed E-state index contributed by atoms with van der Waals surface area (Å²) in [6, 6.07) is 1.79. The van der Waals surface area contributed by atoms with Crippen molar-refractivity contribution in [3.63, 3.8) is 0 Å². The van der Waals surface area contributed by atoms with Gasteiger partial charge in [-0.1, -0.05) is 6.08 Å². The maximum atomic E-state index is 13.1. The molecule has 8 nitrogen and oxygen atoms in total. The van der Waals surface area contributed by atoms with Crippen LogP contribution in [-0.2, 0) is 10.9 Å². The van der Waals surface area contributed by atoms with Gasteiger partial charge >= 0.3 is 6.18 Å². The molecule has 0 aromatic carbocycles. The number of halogens is 3. The monoisotopic (exact) mass is 443 g/mol. The molecule has 32 heavy (non-hydrogen) atoms. The van der Waals surface area contributed by atoms with Gasteiger partial charge in [0.05, 0.1) is 25.0 Å². The Morgan fingerprint density at radius 3 is 2.75 bits per heavy atom. The van der Waals surface area contributed by atoms with Crippen LogP contribution in [0.1, 0.15) is 12.1 Å². The summed E-state index contributed by atoms with van der Waals surface area (Å²) in [5.41, 5.74) is 0.831. The molecule has 0 bridgehead atoms. The van der Waals surface area contributed by atoms with Crippen LogP contribution in [0.3, 0.4) is 0 Å². The molecule has 0 amide bonds. The van der Waals surface area contributed by atoms with Gasteiger partial charge in [-0.2, -0.15) is 13.2 Å². The van der Waals surface area contributed by atoms with Crippen LogP contribution in [0, 0.1) is 5.92 Å². The fourth-order valence-electron chi connectivity index (χ4n) is 4.14. The minimum Gasteiger partial charge on any atom is -0.380 e. The molecule has 0 aliphatic carbocycles. The topological polar surface area (TPSA) is 80.8 Å². The molecule has 0 radical (unpaired) electrons. The van der Waals surface area contributed by atoms with Gasteiger partial charge in [-0.15, -0.1) is 0 Å². The average Bonchev–Trinajstić information content (AvgIpc) is 3.48. The van der Waals surface area contributed by atoms with Crippen LogP contribution >= 0.6 is 0 Å². The van der Waals surface area contributed by atoms with Crippen LogP contribution in [0.5, 0.6) is 0 Å². The van der Waals surface area contributed by atoms with E-state index in [4.69, 9.17) is 4.74 Å². The quantitative estimate of drug-likeness (QED) is 0.617. The number of hydrogen-bond donors (Lipinski definition) is 0. The summed E-state index contributed by atoms with van der Waals surface area (Å²) < 4.78 is 46.4. The van der Waals surface area contributed by atoms with Gasteiger partial charge in [0.15, 0.2) is 17.2 Å². The van der Waals surface area contributed by atoms with Gasteiger partial charge in [0.1, 0.15) is 11.5 Å². The van der Waals surface area contributed by atoms with E-state index in [-0.39, 0.29) is 23.5 Å². The third-order valence-electron chi connectivity index (χ3n) is 5.77. The van der Waals surface area contributed by atoms with Crippen molar-refractivity contribution in [1.82, 2.24) is 24.3 Å². The first-order chi connectivity index (χ1) is 15.4. The zero-order chi connectivity index (χ0) is 22.3. The van der Waals surface area contributed by atoms with Crippen molar-refractivity contribution in [3.05, 3.63) is 48.2 Å². The first-order valence-electron chi connectivity index (χ1n) is 10.1. The van der Waals surface area contributed by atoms with E-state index in [1.54, 1.807) is 19.4 Å². The van der Waals surface area contributed by atoms with E-state index >= 15 is 0 Å². The molecule has 3 aromatic heterocycles. The normalized spacial score (nSPS) is 21.4. The molecule has 2 atom stereocenters. The van der Waals surface area contributed by atoms with E-state index in [1.165, 1.54) is 16.2 Å². The molecule has 5 rings (SSSR count). The molecule has 1 saturated heterocycles. The van der Waals surface area contributed by atoms with E-state index in [0.717, 1.165) is 25.4 Å². The fraction of sp³-hybridized carbons (Fsp3) is 0.381. The Balaban J connectivity index is 1.49. The predicted octanol–water partition coefficient (Wildman–Crippen LogP) is 3.06. The van der Waals surface area contributed by atoms with Crippen LogP contribution in [0.25, 0.3) is 17.2 Å². The zero-order valence-corrected chi connectivity index (χ0v) is 17.2. The highest BCUT2D eigenvalue weighted by atomic mass is 19.4. The lowest BCUT2D eigenvalue weighted by Gasteiger charge is -2.38. The summed E-state index contributed by atoms with van der Waals surface area (Å²) in [4.78, 5) is 23.0. The van der Waals surface area contributed by atoms with Crippen LogP contribution in [0.2, 0.25) is 0 Å². The van der Waals surface area contributed by atoms with Crippen molar-refractivity contribution in [2.45, 2.75) is 18.7 Å². The Kier molecular flexibility index (Phi) is 5.12. The van der Waals surface area contributed by atoms with Crippen molar-refractivity contribution >= 4 is 17.7 Å². The molecule has 11 heteroatoms. The van der Waals surface area contributed by atoms with Crippen molar-refractivity contribution in [2.24, 2.45) is 10.9 Å². The molecule has 5 heterocycles. The predicted molar refractivity (Wildman–Crippen MR) is 112 cm³/mol. The van der Waals surface area contributed by atoms with Crippen molar-refractivity contribution in [3.8, 4) is 11.5 Å². The third kappa shape index (κ3) is 3.83. The largest absolute Gasteiger partial charge is 0.434 e. The highest BCUT2D eigenvalue weighted by Crippen LogP contribution is 2.31. The standard InChI is InChI=1S/C21H20F3N7O/c1-32-15-6-14(13-2-4-25-7-13)10-30(11-15)18-3-5-26-20(29-18)16-8-28-19-9-27-17(12-31(16)19)21(22,23)24/h2-3,5,7-9,12,14-15H,4,6,10-11H2,1H3. The third-order valence-corrected chi connectivity index (χ3v) is 5.77. The van der Waals surface area contributed by atoms with E-state index < -0.39 is 11.9 Å². The number of anilines is 1. The lowest BCUT2D eigenvalue weighted by atomic mass is 9.89. The Morgan fingerprint density at radius 2 is 2.00 bits per heavy atom. The first-order valence-corrected chi connectivity index (χ1v) is 10.1. The number of ether oxygens (including phenoxy) is 1. The number of alkyl halides is 3. The summed E-state index contributed by atoms with van der Waals surface area (Å²) in [7, 11) is 1.69. The summed E-state index contributed by atoms with van der Waals surface area (Å²) in [6.45, 7) is 2.09. The molecule has 0 N–H and O–H groups in total. The Labute approximate surface area is 181 Å². The van der Waals surface area contributed by atoms with Crippen LogP contribution in [0.15, 0.2) is 47.5 Å². The van der Waals surface area contributed by atoms with Crippen LogP contribution in [0.4, 0.5) is 19.0 Å². The van der Waals surface area contributed by atoms with E-state index in [9.17, 15) is 13.2 Å². The molecule has 0 spiro atoms. The number of piperidine rings is 1. The lowest BCUT2D eigenvalue weighted by Crippen LogP contribution is -2.45. The molecule has 0 saturated carbocycles. The van der Waals surface area contributed by atoms with Crippen molar-refractivity contribution in [2.75, 3.05) is 31.6 Å². The molecule has 166 valence electrons. The Bertz CT molecular complexity index is 1200. The number of hydrogen-bond acceptors (Lipinski definition) is 7. The molecule has 2 aliphatic rings. The van der Waals surface area contributed by atoms with Crippen molar-refractivity contribution in [1.29, 1.82) is 0 Å². The summed E-state index contributed by atoms with van der Waals surface area (Å²) >= 11 is 0. The SMILES string of the molecule is COC1CC(C2=CCN=C2)CN(c2ccnc(-c3cnc4cnc(C(F)(F)F)cn34)n2)C1. The Morgan fingerprint density at radius 1 is 1.12 bits per heavy atom. The van der Waals surface area contributed by atoms with Gasteiger partial charge in [-0.05, 0) is 18.1 Å². The van der Waals surface area contributed by atoms with E-state index in [1.807, 2.05) is 6.21 Å². The number of aromatic nitrogens is 5. The maximum Gasteiger partial charge on any atom is 0.434 e. The maximum absolute atomic E-state index is 13.1. The van der Waals surface area contributed by atoms with Gasteiger partial charge < -0.3 is 9.64 Å². The highest BCUT2D eigenvalue weighted by molar-refractivity contribution is 5.81. The summed E-state index contributed by atoms with van der Waals surface area (Å²) in [6.07, 6.45) is 5.45. The second-order valence-corrected chi connectivity index (χ2v) is 7.77. The molecule has 3 aromatic rings. The second kappa shape index (κ2) is 7.97. The average molecular weight is 443 g/mol. The number of imidazole rings is 1. The minimum atomic E-state index is -4.56. The van der Waals surface area contributed by atoms with Crippen LogP contribution in [-0.4, -0.2) is 63.4 Å². The van der Waals surface area contributed by atoms with Gasteiger partial charge in [-0.3, -0.25) is 9.39 Å². The van der Waals surface area contributed by atoms with Gasteiger partial charge in [0.2, 0.25) is 0 Å². The van der Waals surface area contributed by atoms with E-state index in [2.05, 4.69) is 35.9 Å². The second-order valence-electron chi connectivity index (χ2n) is 7.77. The number of nitrogens with zero attached hydrogens (tertiary/aromatic N) is 7. The van der Waals surface area contributed by atoms with Crippen molar-refractivity contribution < 1.29 is 17.9 Å². The van der Waals surface area contributed by atoms with Gasteiger partial charge in [0, 0.05) is 44.7 Å². The summed E-state index contributed by atoms with van der Waals surface area (Å²) in [5.74, 6) is 1.22. The molecular formula is C21H20F3N7O. The number of fused-ring (bicyclic) bond motifs is 1. The molecule has 2 aliphatic heterocycles. The molecule has 2 unspecified atom stereocenters. The lowest BCUT2D eigenvalue weighted by molar-refractivity contribution is -0.141. The van der Waals surface area contributed by atoms with Crippen LogP contribution < -0.4 is 4.90 Å². The molecule has 1 fully saturated rings. The number of methoxy groups -OCH3 is 1. The molecular weight excluding hydrogens is 423 g/mol. The van der Waals surface area contributed by atoms with Gasteiger partial charge in [-0.25, -0.2) is 19.9 Å².